The quantitative estimate of drug-likeness (QED) is 0.615. The molecule has 0 aliphatic carbocycles. The van der Waals surface area contributed by atoms with Crippen LogP contribution in [0.4, 0.5) is 10.1 Å². The monoisotopic (exact) mass is 331 g/mol. The van der Waals surface area contributed by atoms with Gasteiger partial charge in [0.2, 0.25) is 5.91 Å². The number of hydrogen-bond acceptors (Lipinski definition) is 3. The van der Waals surface area contributed by atoms with Gasteiger partial charge in [-0.1, -0.05) is 24.5 Å². The van der Waals surface area contributed by atoms with Crippen LogP contribution in [0.25, 0.3) is 0 Å². The van der Waals surface area contributed by atoms with Gasteiger partial charge in [-0.15, -0.1) is 6.42 Å². The summed E-state index contributed by atoms with van der Waals surface area (Å²) in [4.78, 5) is 16.3. The molecule has 1 N–H and O–H groups in total. The summed E-state index contributed by atoms with van der Waals surface area (Å²) in [5.74, 6) is 2.46. The highest BCUT2D eigenvalue weighted by molar-refractivity contribution is 5.81. The predicted octanol–water partition coefficient (Wildman–Crippen LogP) is 2.26. The fraction of sp³-hybridized carbons (Fsp3) is 0.526. The number of carbonyl (C=O) groups is 1. The number of nitrogens with zero attached hydrogens (tertiary/aromatic N) is 2. The summed E-state index contributed by atoms with van der Waals surface area (Å²) in [6.07, 6.45) is 9.17. The Morgan fingerprint density at radius 2 is 2.25 bits per heavy atom. The molecule has 1 unspecified atom stereocenters. The third-order valence-electron chi connectivity index (χ3n) is 4.44. The number of benzene rings is 1. The number of nitrogens with one attached hydrogen (secondary N) is 1. The summed E-state index contributed by atoms with van der Waals surface area (Å²) in [6, 6.07) is 6.60. The molecule has 1 aromatic carbocycles. The highest BCUT2D eigenvalue weighted by Crippen LogP contribution is 2.18. The molecule has 1 heterocycles. The van der Waals surface area contributed by atoms with Crippen LogP contribution in [0.1, 0.15) is 25.7 Å². The van der Waals surface area contributed by atoms with Crippen LogP contribution in [-0.2, 0) is 4.79 Å². The Morgan fingerprint density at radius 1 is 1.46 bits per heavy atom. The van der Waals surface area contributed by atoms with E-state index in [1.54, 1.807) is 12.1 Å². The summed E-state index contributed by atoms with van der Waals surface area (Å²) in [5, 5.41) is 2.99. The van der Waals surface area contributed by atoms with Gasteiger partial charge in [0.25, 0.3) is 0 Å². The van der Waals surface area contributed by atoms with E-state index in [2.05, 4.69) is 16.1 Å². The molecule has 0 radical (unpaired) electrons. The van der Waals surface area contributed by atoms with Crippen LogP contribution in [-0.4, -0.2) is 50.1 Å². The average Bonchev–Trinajstić information content (AvgIpc) is 2.59. The second-order valence-electron chi connectivity index (χ2n) is 6.20. The first-order chi connectivity index (χ1) is 11.6. The number of likely N-dealkylation sites (tertiary alicyclic amines) is 1. The van der Waals surface area contributed by atoms with Gasteiger partial charge in [-0.05, 0) is 37.9 Å². The molecule has 24 heavy (non-hydrogen) atoms. The third kappa shape index (κ3) is 4.97. The van der Waals surface area contributed by atoms with Crippen molar-refractivity contribution >= 4 is 11.6 Å². The number of hydrogen-bond donors (Lipinski definition) is 1. The fourth-order valence-electron chi connectivity index (χ4n) is 3.12. The number of carbonyl (C=O) groups excluding carboxylic acids is 1. The highest BCUT2D eigenvalue weighted by atomic mass is 19.1. The van der Waals surface area contributed by atoms with Crippen molar-refractivity contribution < 1.29 is 9.18 Å². The van der Waals surface area contributed by atoms with Gasteiger partial charge >= 0.3 is 0 Å². The predicted molar refractivity (Wildman–Crippen MR) is 95.3 cm³/mol. The lowest BCUT2D eigenvalue weighted by Crippen LogP contribution is -2.49. The molecular weight excluding hydrogens is 305 g/mol. The van der Waals surface area contributed by atoms with Gasteiger partial charge in [0.1, 0.15) is 5.82 Å². The first kappa shape index (κ1) is 18.3. The maximum Gasteiger partial charge on any atom is 0.237 e. The summed E-state index contributed by atoms with van der Waals surface area (Å²) >= 11 is 0. The third-order valence-corrected chi connectivity index (χ3v) is 4.44. The zero-order chi connectivity index (χ0) is 17.4. The molecule has 0 bridgehead atoms. The van der Waals surface area contributed by atoms with Crippen molar-refractivity contribution in [1.82, 2.24) is 10.2 Å². The van der Waals surface area contributed by atoms with Crippen LogP contribution in [0.2, 0.25) is 0 Å². The van der Waals surface area contributed by atoms with Gasteiger partial charge in [0.05, 0.1) is 18.3 Å². The Bertz CT molecular complexity index is 584. The first-order valence-corrected chi connectivity index (χ1v) is 8.54. The van der Waals surface area contributed by atoms with Gasteiger partial charge in [-0.3, -0.25) is 9.69 Å². The molecule has 130 valence electrons. The Labute approximate surface area is 144 Å². The molecule has 1 aliphatic heterocycles. The van der Waals surface area contributed by atoms with Crippen molar-refractivity contribution in [1.29, 1.82) is 0 Å². The smallest absolute Gasteiger partial charge is 0.237 e. The van der Waals surface area contributed by atoms with Crippen molar-refractivity contribution in [2.75, 3.05) is 38.1 Å². The minimum absolute atomic E-state index is 0.0542. The molecule has 4 nitrogen and oxygen atoms in total. The topological polar surface area (TPSA) is 35.6 Å². The molecular formula is C19H26FN3O. The molecule has 5 heteroatoms. The molecule has 1 amide bonds. The van der Waals surface area contributed by atoms with Crippen LogP contribution in [0.3, 0.4) is 0 Å². The summed E-state index contributed by atoms with van der Waals surface area (Å²) < 4.78 is 13.7. The molecule has 0 saturated carbocycles. The zero-order valence-corrected chi connectivity index (χ0v) is 14.3. The maximum atomic E-state index is 13.7. The van der Waals surface area contributed by atoms with Crippen LogP contribution in [0.15, 0.2) is 24.3 Å². The van der Waals surface area contributed by atoms with E-state index in [1.165, 1.54) is 6.07 Å². The lowest BCUT2D eigenvalue weighted by atomic mass is 10.0. The minimum atomic E-state index is -0.226. The molecule has 0 aromatic heterocycles. The van der Waals surface area contributed by atoms with E-state index in [0.717, 1.165) is 32.2 Å². The van der Waals surface area contributed by atoms with Crippen LogP contribution in [0.5, 0.6) is 0 Å². The molecule has 0 spiro atoms. The van der Waals surface area contributed by atoms with E-state index in [9.17, 15) is 9.18 Å². The van der Waals surface area contributed by atoms with Gasteiger partial charge in [-0.25, -0.2) is 4.39 Å². The van der Waals surface area contributed by atoms with E-state index >= 15 is 0 Å². The summed E-state index contributed by atoms with van der Waals surface area (Å²) in [6.45, 7) is 2.67. The molecule has 1 saturated heterocycles. The Balaban J connectivity index is 1.74. The lowest BCUT2D eigenvalue weighted by molar-refractivity contribution is -0.127. The second kappa shape index (κ2) is 9.29. The van der Waals surface area contributed by atoms with Crippen molar-refractivity contribution in [2.24, 2.45) is 0 Å². The van der Waals surface area contributed by atoms with Gasteiger partial charge in [0, 0.05) is 20.1 Å². The largest absolute Gasteiger partial charge is 0.372 e. The standard InChI is InChI=1S/C19H26FN3O/c1-3-13-23-15-7-6-11-18(23)19(24)21-12-8-14-22(2)17-10-5-4-9-16(17)20/h1,4-5,9-10,18H,6-8,11-15H2,2H3,(H,21,24). The molecule has 1 aromatic rings. The SMILES string of the molecule is C#CCN1CCCCC1C(=O)NCCCN(C)c1ccccc1F. The summed E-state index contributed by atoms with van der Waals surface area (Å²) in [7, 11) is 1.86. The number of halogens is 1. The van der Waals surface area contributed by atoms with Gasteiger partial charge < -0.3 is 10.2 Å². The van der Waals surface area contributed by atoms with E-state index in [0.29, 0.717) is 25.3 Å². The van der Waals surface area contributed by atoms with Gasteiger partial charge in [-0.2, -0.15) is 0 Å². The Hall–Kier alpha value is -2.06. The molecule has 1 atom stereocenters. The number of piperidine rings is 1. The van der Waals surface area contributed by atoms with Crippen LogP contribution in [0, 0.1) is 18.2 Å². The normalized spacial score (nSPS) is 18.0. The van der Waals surface area contributed by atoms with Crippen molar-refractivity contribution in [3.8, 4) is 12.3 Å². The van der Waals surface area contributed by atoms with Crippen LogP contribution < -0.4 is 10.2 Å². The molecule has 1 fully saturated rings. The molecule has 1 aliphatic rings. The van der Waals surface area contributed by atoms with Gasteiger partial charge in [0.15, 0.2) is 0 Å². The number of anilines is 1. The lowest BCUT2D eigenvalue weighted by Gasteiger charge is -2.33. The highest BCUT2D eigenvalue weighted by Gasteiger charge is 2.27. The van der Waals surface area contributed by atoms with Crippen LogP contribution >= 0.6 is 0 Å². The van der Waals surface area contributed by atoms with E-state index in [4.69, 9.17) is 6.42 Å². The van der Waals surface area contributed by atoms with E-state index < -0.39 is 0 Å². The number of amides is 1. The first-order valence-electron chi connectivity index (χ1n) is 8.54. The zero-order valence-electron chi connectivity index (χ0n) is 14.3. The van der Waals surface area contributed by atoms with Crippen molar-refractivity contribution in [3.63, 3.8) is 0 Å². The van der Waals surface area contributed by atoms with E-state index in [-0.39, 0.29) is 17.8 Å². The van der Waals surface area contributed by atoms with Crippen molar-refractivity contribution in [2.45, 2.75) is 31.7 Å². The Kier molecular flexibility index (Phi) is 7.07. The maximum absolute atomic E-state index is 13.7. The van der Waals surface area contributed by atoms with Crippen molar-refractivity contribution in [3.05, 3.63) is 30.1 Å². The number of para-hydroxylation sites is 1. The summed E-state index contributed by atoms with van der Waals surface area (Å²) in [5.41, 5.74) is 0.580. The average molecular weight is 331 g/mol. The number of rotatable bonds is 7. The van der Waals surface area contributed by atoms with E-state index in [1.807, 2.05) is 18.0 Å². The Morgan fingerprint density at radius 3 is 3.00 bits per heavy atom. The number of terminal acetylenes is 1. The molecule has 2 rings (SSSR count). The second-order valence-corrected chi connectivity index (χ2v) is 6.20. The fourth-order valence-corrected chi connectivity index (χ4v) is 3.12. The minimum Gasteiger partial charge on any atom is -0.372 e.